The van der Waals surface area contributed by atoms with Crippen LogP contribution in [0.5, 0.6) is 0 Å². The smallest absolute Gasteiger partial charge is 0.272 e. The van der Waals surface area contributed by atoms with E-state index >= 15 is 0 Å². The van der Waals surface area contributed by atoms with E-state index in [4.69, 9.17) is 5.84 Å². The number of hydrazine groups is 1. The fourth-order valence-corrected chi connectivity index (χ4v) is 3.82. The van der Waals surface area contributed by atoms with Gasteiger partial charge in [-0.3, -0.25) is 4.79 Å². The maximum atomic E-state index is 12.2. The molecule has 4 atom stereocenters. The third-order valence-electron chi connectivity index (χ3n) is 4.84. The molecule has 3 rings (SSSR count). The van der Waals surface area contributed by atoms with Gasteiger partial charge >= 0.3 is 0 Å². The van der Waals surface area contributed by atoms with Gasteiger partial charge in [-0.2, -0.15) is 0 Å². The van der Waals surface area contributed by atoms with Crippen LogP contribution in [0.1, 0.15) is 43.1 Å². The summed E-state index contributed by atoms with van der Waals surface area (Å²) >= 11 is 0. The Balaban J connectivity index is 1.60. The Morgan fingerprint density at radius 1 is 1.35 bits per heavy atom. The van der Waals surface area contributed by atoms with Crippen LogP contribution in [0.2, 0.25) is 0 Å². The predicted molar refractivity (Wildman–Crippen MR) is 75.7 cm³/mol. The van der Waals surface area contributed by atoms with Crippen molar-refractivity contribution >= 4 is 11.7 Å². The van der Waals surface area contributed by atoms with E-state index in [1.807, 2.05) is 0 Å². The number of nitrogens with zero attached hydrogens (tertiary/aromatic N) is 2. The van der Waals surface area contributed by atoms with E-state index in [0.717, 1.165) is 11.8 Å². The summed E-state index contributed by atoms with van der Waals surface area (Å²) in [6, 6.07) is 3.47. The minimum Gasteiger partial charge on any atom is -0.348 e. The Hall–Kier alpha value is -1.69. The number of fused-ring (bicyclic) bond motifs is 2. The van der Waals surface area contributed by atoms with E-state index in [1.165, 1.54) is 25.7 Å². The van der Waals surface area contributed by atoms with Crippen LogP contribution in [-0.4, -0.2) is 22.1 Å². The molecule has 1 heterocycles. The van der Waals surface area contributed by atoms with Crippen molar-refractivity contribution in [3.8, 4) is 0 Å². The van der Waals surface area contributed by atoms with Crippen molar-refractivity contribution in [2.75, 3.05) is 5.43 Å². The number of hydrogen-bond acceptors (Lipinski definition) is 5. The van der Waals surface area contributed by atoms with Gasteiger partial charge in [-0.15, -0.1) is 10.2 Å². The van der Waals surface area contributed by atoms with Crippen molar-refractivity contribution in [2.45, 2.75) is 38.6 Å². The molecule has 1 aromatic rings. The number of aromatic nitrogens is 2. The summed E-state index contributed by atoms with van der Waals surface area (Å²) < 4.78 is 0. The predicted octanol–water partition coefficient (Wildman–Crippen LogP) is 1.32. The molecule has 2 saturated carbocycles. The molecule has 4 unspecified atom stereocenters. The van der Waals surface area contributed by atoms with Gasteiger partial charge in [0.05, 0.1) is 0 Å². The number of hydrogen-bond donors (Lipinski definition) is 3. The van der Waals surface area contributed by atoms with Gasteiger partial charge in [0.15, 0.2) is 11.5 Å². The Morgan fingerprint density at radius 2 is 2.20 bits per heavy atom. The van der Waals surface area contributed by atoms with Crippen molar-refractivity contribution in [1.29, 1.82) is 0 Å². The maximum Gasteiger partial charge on any atom is 0.272 e. The molecular weight excluding hydrogens is 254 g/mol. The van der Waals surface area contributed by atoms with E-state index in [-0.39, 0.29) is 11.9 Å². The summed E-state index contributed by atoms with van der Waals surface area (Å²) in [5.41, 5.74) is 2.72. The highest BCUT2D eigenvalue weighted by molar-refractivity contribution is 5.92. The second kappa shape index (κ2) is 5.36. The van der Waals surface area contributed by atoms with E-state index in [0.29, 0.717) is 17.4 Å². The Kier molecular flexibility index (Phi) is 3.56. The van der Waals surface area contributed by atoms with Gasteiger partial charge < -0.3 is 10.7 Å². The number of amides is 1. The second-order valence-electron chi connectivity index (χ2n) is 6.05. The van der Waals surface area contributed by atoms with Gasteiger partial charge in [-0.05, 0) is 56.1 Å². The quantitative estimate of drug-likeness (QED) is 0.569. The lowest BCUT2D eigenvalue weighted by molar-refractivity contribution is 0.0909. The average Bonchev–Trinajstić information content (AvgIpc) is 3.10. The van der Waals surface area contributed by atoms with E-state index in [2.05, 4.69) is 27.9 Å². The van der Waals surface area contributed by atoms with Crippen molar-refractivity contribution in [3.63, 3.8) is 0 Å². The molecule has 6 nitrogen and oxygen atoms in total. The number of nitrogen functional groups attached to an aromatic ring is 1. The van der Waals surface area contributed by atoms with E-state index in [1.54, 1.807) is 12.1 Å². The lowest BCUT2D eigenvalue weighted by Crippen LogP contribution is -2.40. The lowest BCUT2D eigenvalue weighted by atomic mass is 9.84. The average molecular weight is 275 g/mol. The van der Waals surface area contributed by atoms with Gasteiger partial charge in [0.2, 0.25) is 0 Å². The van der Waals surface area contributed by atoms with Crippen LogP contribution < -0.4 is 16.6 Å². The molecule has 0 spiro atoms. The summed E-state index contributed by atoms with van der Waals surface area (Å²) in [4.78, 5) is 12.2. The zero-order chi connectivity index (χ0) is 14.1. The molecule has 2 fully saturated rings. The summed E-state index contributed by atoms with van der Waals surface area (Å²) in [5, 5.41) is 10.8. The lowest BCUT2D eigenvalue weighted by Gasteiger charge is -2.28. The molecule has 1 amide bonds. The molecule has 4 N–H and O–H groups in total. The first kappa shape index (κ1) is 13.3. The van der Waals surface area contributed by atoms with E-state index in [9.17, 15) is 4.79 Å². The molecule has 20 heavy (non-hydrogen) atoms. The molecule has 0 aliphatic heterocycles. The first-order valence-electron chi connectivity index (χ1n) is 7.28. The van der Waals surface area contributed by atoms with Crippen LogP contribution in [0, 0.1) is 17.8 Å². The van der Waals surface area contributed by atoms with Crippen LogP contribution >= 0.6 is 0 Å². The number of carbonyl (C=O) groups is 1. The van der Waals surface area contributed by atoms with Gasteiger partial charge in [0.25, 0.3) is 5.91 Å². The molecule has 0 saturated heterocycles. The molecule has 108 valence electrons. The first-order chi connectivity index (χ1) is 9.67. The first-order valence-corrected chi connectivity index (χ1v) is 7.28. The van der Waals surface area contributed by atoms with Crippen LogP contribution in [0.25, 0.3) is 0 Å². The summed E-state index contributed by atoms with van der Waals surface area (Å²) in [5.74, 6) is 7.82. The Labute approximate surface area is 118 Å². The molecular formula is C14H21N5O. The van der Waals surface area contributed by atoms with Crippen molar-refractivity contribution in [2.24, 2.45) is 23.6 Å². The molecule has 0 aromatic carbocycles. The van der Waals surface area contributed by atoms with Gasteiger partial charge in [0.1, 0.15) is 0 Å². The highest BCUT2D eigenvalue weighted by atomic mass is 16.2. The van der Waals surface area contributed by atoms with Crippen LogP contribution in [0.3, 0.4) is 0 Å². The minimum absolute atomic E-state index is 0.156. The fraction of sp³-hybridized carbons (Fsp3) is 0.643. The number of nitrogens with two attached hydrogens (primary N) is 1. The van der Waals surface area contributed by atoms with Crippen molar-refractivity contribution < 1.29 is 4.79 Å². The summed E-state index contributed by atoms with van der Waals surface area (Å²) in [6.45, 7) is 2.10. The number of carbonyl (C=O) groups excluding carboxylic acids is 1. The molecule has 1 aromatic heterocycles. The van der Waals surface area contributed by atoms with Crippen LogP contribution in [0.4, 0.5) is 5.82 Å². The molecule has 6 heteroatoms. The third kappa shape index (κ3) is 2.47. The molecule has 2 aliphatic carbocycles. The summed E-state index contributed by atoms with van der Waals surface area (Å²) in [7, 11) is 0. The van der Waals surface area contributed by atoms with Gasteiger partial charge in [0, 0.05) is 6.04 Å². The van der Waals surface area contributed by atoms with E-state index < -0.39 is 0 Å². The monoisotopic (exact) mass is 275 g/mol. The highest BCUT2D eigenvalue weighted by Gasteiger charge is 2.42. The maximum absolute atomic E-state index is 12.2. The van der Waals surface area contributed by atoms with Gasteiger partial charge in [-0.1, -0.05) is 6.42 Å². The Morgan fingerprint density at radius 3 is 2.75 bits per heavy atom. The summed E-state index contributed by atoms with van der Waals surface area (Å²) in [6.07, 6.45) is 5.31. The number of anilines is 1. The largest absolute Gasteiger partial charge is 0.348 e. The zero-order valence-electron chi connectivity index (χ0n) is 11.7. The second-order valence-corrected chi connectivity index (χ2v) is 6.05. The molecule has 2 bridgehead atoms. The standard InChI is InChI=1S/C14H21N5O/c1-8(11-7-9-2-3-10(11)6-9)16-14(20)12-4-5-13(17-15)19-18-12/h4-5,8-11H,2-3,6-7,15H2,1H3,(H,16,20)(H,17,19). The molecule has 2 aliphatic rings. The topological polar surface area (TPSA) is 92.9 Å². The number of nitrogens with one attached hydrogen (secondary N) is 2. The van der Waals surface area contributed by atoms with Crippen molar-refractivity contribution in [1.82, 2.24) is 15.5 Å². The zero-order valence-corrected chi connectivity index (χ0v) is 11.7. The van der Waals surface area contributed by atoms with Crippen molar-refractivity contribution in [3.05, 3.63) is 17.8 Å². The third-order valence-corrected chi connectivity index (χ3v) is 4.84. The normalized spacial score (nSPS) is 29.2. The fourth-order valence-electron chi connectivity index (χ4n) is 3.82. The Bertz CT molecular complexity index is 489. The highest BCUT2D eigenvalue weighted by Crippen LogP contribution is 2.49. The SMILES string of the molecule is CC(NC(=O)c1ccc(NN)nn1)C1CC2CCC1C2. The van der Waals surface area contributed by atoms with Crippen LogP contribution in [-0.2, 0) is 0 Å². The molecule has 0 radical (unpaired) electrons. The van der Waals surface area contributed by atoms with Gasteiger partial charge in [-0.25, -0.2) is 5.84 Å². The van der Waals surface area contributed by atoms with Crippen LogP contribution in [0.15, 0.2) is 12.1 Å². The minimum atomic E-state index is -0.156. The number of rotatable bonds is 4.